The van der Waals surface area contributed by atoms with E-state index in [1.807, 2.05) is 12.1 Å². The van der Waals surface area contributed by atoms with Crippen LogP contribution in [0.25, 0.3) is 0 Å². The van der Waals surface area contributed by atoms with E-state index in [1.165, 1.54) is 31.3 Å². The number of allylic oxidation sites excluding steroid dienone is 1. The number of carbonyl (C=O) groups is 1. The van der Waals surface area contributed by atoms with Crippen molar-refractivity contribution in [2.24, 2.45) is 0 Å². The summed E-state index contributed by atoms with van der Waals surface area (Å²) in [7, 11) is 3.18. The minimum absolute atomic E-state index is 0.0225. The molecule has 1 amide bonds. The van der Waals surface area contributed by atoms with E-state index >= 15 is 0 Å². The molecular weight excluding hydrogens is 358 g/mol. The van der Waals surface area contributed by atoms with E-state index < -0.39 is 0 Å². The van der Waals surface area contributed by atoms with Gasteiger partial charge in [-0.05, 0) is 49.8 Å². The summed E-state index contributed by atoms with van der Waals surface area (Å²) in [4.78, 5) is 12.1. The maximum absolute atomic E-state index is 12.1. The Hall–Kier alpha value is -1.49. The second kappa shape index (κ2) is 8.96. The lowest BCUT2D eigenvalue weighted by Crippen LogP contribution is -2.26. The molecule has 0 unspecified atom stereocenters. The summed E-state index contributed by atoms with van der Waals surface area (Å²) in [6, 6.07) is 3.67. The van der Waals surface area contributed by atoms with E-state index in [4.69, 9.17) is 9.47 Å². The molecule has 0 aliphatic heterocycles. The fourth-order valence-corrected chi connectivity index (χ4v) is 3.22. The molecule has 0 saturated carbocycles. The van der Waals surface area contributed by atoms with Gasteiger partial charge in [-0.1, -0.05) is 27.6 Å². The molecular formula is C18H24BrNO3. The Morgan fingerprint density at radius 3 is 2.61 bits per heavy atom. The smallest absolute Gasteiger partial charge is 0.224 e. The molecule has 5 heteroatoms. The zero-order chi connectivity index (χ0) is 16.7. The van der Waals surface area contributed by atoms with Crippen LogP contribution in [0.3, 0.4) is 0 Å². The summed E-state index contributed by atoms with van der Waals surface area (Å²) in [5.41, 5.74) is 2.36. The molecule has 1 aliphatic rings. The van der Waals surface area contributed by atoms with Crippen molar-refractivity contribution in [3.05, 3.63) is 33.8 Å². The van der Waals surface area contributed by atoms with Gasteiger partial charge in [0.1, 0.15) is 0 Å². The van der Waals surface area contributed by atoms with Gasteiger partial charge >= 0.3 is 0 Å². The number of ether oxygens (including phenoxy) is 2. The summed E-state index contributed by atoms with van der Waals surface area (Å²) in [6.45, 7) is 0.704. The monoisotopic (exact) mass is 381 g/mol. The number of hydrogen-bond acceptors (Lipinski definition) is 3. The first-order valence-corrected chi connectivity index (χ1v) is 8.78. The van der Waals surface area contributed by atoms with Crippen LogP contribution in [0.15, 0.2) is 28.3 Å². The third-order valence-corrected chi connectivity index (χ3v) is 4.80. The molecule has 1 aromatic carbocycles. The van der Waals surface area contributed by atoms with Crippen LogP contribution in [-0.4, -0.2) is 26.7 Å². The lowest BCUT2D eigenvalue weighted by Gasteiger charge is -2.14. The molecule has 0 saturated heterocycles. The van der Waals surface area contributed by atoms with Crippen LogP contribution in [0.2, 0.25) is 0 Å². The number of halogens is 1. The van der Waals surface area contributed by atoms with Gasteiger partial charge in [0, 0.05) is 11.0 Å². The average Bonchev–Trinajstić information content (AvgIpc) is 2.57. The topological polar surface area (TPSA) is 47.6 Å². The van der Waals surface area contributed by atoms with Crippen LogP contribution in [0.4, 0.5) is 0 Å². The number of hydrogen-bond donors (Lipinski definition) is 1. The Morgan fingerprint density at radius 1 is 1.22 bits per heavy atom. The Labute approximate surface area is 146 Å². The SMILES string of the molecule is COc1cc(Br)c(CC(=O)NCCC2=CCCCC2)cc1OC. The van der Waals surface area contributed by atoms with Gasteiger partial charge in [0.2, 0.25) is 5.91 Å². The third-order valence-electron chi connectivity index (χ3n) is 4.06. The van der Waals surface area contributed by atoms with Crippen LogP contribution in [0, 0.1) is 0 Å². The minimum atomic E-state index is 0.0225. The molecule has 0 atom stereocenters. The average molecular weight is 382 g/mol. The molecule has 2 rings (SSSR count). The maximum atomic E-state index is 12.1. The van der Waals surface area contributed by atoms with Gasteiger partial charge in [0.05, 0.1) is 20.6 Å². The van der Waals surface area contributed by atoms with E-state index in [-0.39, 0.29) is 5.91 Å². The van der Waals surface area contributed by atoms with Crippen molar-refractivity contribution in [3.8, 4) is 11.5 Å². The van der Waals surface area contributed by atoms with Gasteiger partial charge < -0.3 is 14.8 Å². The Morgan fingerprint density at radius 2 is 1.96 bits per heavy atom. The highest BCUT2D eigenvalue weighted by Crippen LogP contribution is 2.33. The van der Waals surface area contributed by atoms with Crippen LogP contribution in [0.5, 0.6) is 11.5 Å². The standard InChI is InChI=1S/C18H24BrNO3/c1-22-16-10-14(15(19)12-17(16)23-2)11-18(21)20-9-8-13-6-4-3-5-7-13/h6,10,12H,3-5,7-9,11H2,1-2H3,(H,20,21). The molecule has 1 N–H and O–H groups in total. The number of benzene rings is 1. The van der Waals surface area contributed by atoms with Gasteiger partial charge in [-0.2, -0.15) is 0 Å². The molecule has 23 heavy (non-hydrogen) atoms. The van der Waals surface area contributed by atoms with E-state index in [1.54, 1.807) is 14.2 Å². The van der Waals surface area contributed by atoms with Crippen molar-refractivity contribution in [2.45, 2.75) is 38.5 Å². The summed E-state index contributed by atoms with van der Waals surface area (Å²) in [6.07, 6.45) is 8.53. The van der Waals surface area contributed by atoms with Crippen LogP contribution >= 0.6 is 15.9 Å². The van der Waals surface area contributed by atoms with Crippen molar-refractivity contribution in [3.63, 3.8) is 0 Å². The van der Waals surface area contributed by atoms with Crippen molar-refractivity contribution < 1.29 is 14.3 Å². The highest BCUT2D eigenvalue weighted by molar-refractivity contribution is 9.10. The molecule has 4 nitrogen and oxygen atoms in total. The van der Waals surface area contributed by atoms with Gasteiger partial charge in [0.15, 0.2) is 11.5 Å². The molecule has 0 radical (unpaired) electrons. The largest absolute Gasteiger partial charge is 0.493 e. The van der Waals surface area contributed by atoms with Gasteiger partial charge in [-0.3, -0.25) is 4.79 Å². The molecule has 0 bridgehead atoms. The van der Waals surface area contributed by atoms with Gasteiger partial charge in [-0.25, -0.2) is 0 Å². The number of amides is 1. The van der Waals surface area contributed by atoms with Crippen LogP contribution in [-0.2, 0) is 11.2 Å². The van der Waals surface area contributed by atoms with Crippen molar-refractivity contribution in [1.29, 1.82) is 0 Å². The Kier molecular flexibility index (Phi) is 6.96. The predicted octanol–water partition coefficient (Wildman–Crippen LogP) is 4.02. The number of methoxy groups -OCH3 is 2. The van der Waals surface area contributed by atoms with E-state index in [9.17, 15) is 4.79 Å². The van der Waals surface area contributed by atoms with E-state index in [0.29, 0.717) is 24.5 Å². The zero-order valence-electron chi connectivity index (χ0n) is 13.8. The highest BCUT2D eigenvalue weighted by Gasteiger charge is 2.13. The zero-order valence-corrected chi connectivity index (χ0v) is 15.4. The van der Waals surface area contributed by atoms with Gasteiger partial charge in [0.25, 0.3) is 0 Å². The molecule has 0 aromatic heterocycles. The summed E-state index contributed by atoms with van der Waals surface area (Å²) >= 11 is 3.49. The number of carbonyl (C=O) groups excluding carboxylic acids is 1. The molecule has 0 heterocycles. The first kappa shape index (κ1) is 17.9. The number of rotatable bonds is 7. The van der Waals surface area contributed by atoms with Crippen molar-refractivity contribution in [2.75, 3.05) is 20.8 Å². The van der Waals surface area contributed by atoms with Gasteiger partial charge in [-0.15, -0.1) is 0 Å². The first-order valence-electron chi connectivity index (χ1n) is 7.99. The molecule has 0 spiro atoms. The Balaban J connectivity index is 1.88. The lowest BCUT2D eigenvalue weighted by molar-refractivity contribution is -0.120. The second-order valence-electron chi connectivity index (χ2n) is 5.68. The normalized spacial score (nSPS) is 14.1. The van der Waals surface area contributed by atoms with Crippen LogP contribution in [0.1, 0.15) is 37.7 Å². The fraction of sp³-hybridized carbons (Fsp3) is 0.500. The molecule has 1 aliphatic carbocycles. The van der Waals surface area contributed by atoms with Crippen molar-refractivity contribution >= 4 is 21.8 Å². The quantitative estimate of drug-likeness (QED) is 0.725. The summed E-state index contributed by atoms with van der Waals surface area (Å²) in [5.74, 6) is 1.30. The first-order chi connectivity index (χ1) is 11.1. The fourth-order valence-electron chi connectivity index (χ4n) is 2.76. The minimum Gasteiger partial charge on any atom is -0.493 e. The predicted molar refractivity (Wildman–Crippen MR) is 95.1 cm³/mol. The molecule has 126 valence electrons. The summed E-state index contributed by atoms with van der Waals surface area (Å²) < 4.78 is 11.4. The molecule has 0 fully saturated rings. The second-order valence-corrected chi connectivity index (χ2v) is 6.54. The third kappa shape index (κ3) is 5.27. The highest BCUT2D eigenvalue weighted by atomic mass is 79.9. The van der Waals surface area contributed by atoms with Crippen molar-refractivity contribution in [1.82, 2.24) is 5.32 Å². The Bertz CT molecular complexity index is 584. The van der Waals surface area contributed by atoms with E-state index in [0.717, 1.165) is 16.5 Å². The number of nitrogens with one attached hydrogen (secondary N) is 1. The lowest BCUT2D eigenvalue weighted by atomic mass is 9.97. The maximum Gasteiger partial charge on any atom is 0.224 e. The van der Waals surface area contributed by atoms with Crippen LogP contribution < -0.4 is 14.8 Å². The summed E-state index contributed by atoms with van der Waals surface area (Å²) in [5, 5.41) is 3.00. The molecule has 1 aromatic rings. The van der Waals surface area contributed by atoms with E-state index in [2.05, 4.69) is 27.3 Å².